The lowest BCUT2D eigenvalue weighted by Gasteiger charge is -2.19. The Morgan fingerprint density at radius 1 is 0.957 bits per heavy atom. The fraction of sp³-hybridized carbons (Fsp3) is 0.263. The Morgan fingerprint density at radius 3 is 1.96 bits per heavy atom. The van der Waals surface area contributed by atoms with E-state index >= 15 is 0 Å². The highest BCUT2D eigenvalue weighted by Gasteiger charge is 2.39. The van der Waals surface area contributed by atoms with E-state index < -0.39 is 12.1 Å². The van der Waals surface area contributed by atoms with Gasteiger partial charge in [-0.3, -0.25) is 0 Å². The minimum atomic E-state index is -4.36. The van der Waals surface area contributed by atoms with Gasteiger partial charge in [0, 0.05) is 0 Å². The van der Waals surface area contributed by atoms with Gasteiger partial charge in [0.15, 0.2) is 0 Å². The van der Waals surface area contributed by atoms with E-state index in [-0.39, 0.29) is 11.3 Å². The molecule has 0 fully saturated rings. The molecule has 1 nitrogen and oxygen atoms in total. The summed E-state index contributed by atoms with van der Waals surface area (Å²) >= 11 is 0. The first-order chi connectivity index (χ1) is 10.7. The highest BCUT2D eigenvalue weighted by Crippen LogP contribution is 2.37. The van der Waals surface area contributed by atoms with E-state index in [2.05, 4.69) is 0 Å². The van der Waals surface area contributed by atoms with Gasteiger partial charge in [0.05, 0.1) is 5.92 Å². The van der Waals surface area contributed by atoms with Crippen LogP contribution >= 0.6 is 0 Å². The summed E-state index contributed by atoms with van der Waals surface area (Å²) in [6, 6.07) is 9.24. The molecule has 0 aliphatic carbocycles. The minimum Gasteiger partial charge on any atom is -0.508 e. The molecule has 0 heterocycles. The van der Waals surface area contributed by atoms with Gasteiger partial charge >= 0.3 is 6.18 Å². The molecule has 1 N–H and O–H groups in total. The number of rotatable bonds is 3. The van der Waals surface area contributed by atoms with Crippen molar-refractivity contribution in [3.63, 3.8) is 0 Å². The summed E-state index contributed by atoms with van der Waals surface area (Å²) in [6.07, 6.45) is -1.76. The molecule has 2 aromatic rings. The molecule has 0 saturated heterocycles. The highest BCUT2D eigenvalue weighted by atomic mass is 19.4. The zero-order valence-electron chi connectivity index (χ0n) is 13.3. The van der Waals surface area contributed by atoms with Crippen molar-refractivity contribution in [3.8, 4) is 5.75 Å². The maximum atomic E-state index is 13.4. The van der Waals surface area contributed by atoms with Crippen molar-refractivity contribution in [1.82, 2.24) is 0 Å². The third-order valence-corrected chi connectivity index (χ3v) is 4.04. The SMILES string of the molecule is Cc1cc(C(/C=C/c2ccc(O)cc2)C(F)(F)F)cc(C)c1C. The van der Waals surface area contributed by atoms with Gasteiger partial charge in [0.2, 0.25) is 0 Å². The quantitative estimate of drug-likeness (QED) is 0.771. The molecule has 0 spiro atoms. The molecule has 1 unspecified atom stereocenters. The zero-order chi connectivity index (χ0) is 17.2. The molecule has 0 aliphatic rings. The minimum absolute atomic E-state index is 0.0827. The van der Waals surface area contributed by atoms with Gasteiger partial charge in [-0.15, -0.1) is 0 Å². The summed E-state index contributed by atoms with van der Waals surface area (Å²) in [5, 5.41) is 9.22. The van der Waals surface area contributed by atoms with Gasteiger partial charge in [-0.25, -0.2) is 0 Å². The molecule has 23 heavy (non-hydrogen) atoms. The molecule has 0 aromatic heterocycles. The summed E-state index contributed by atoms with van der Waals surface area (Å²) in [7, 11) is 0. The monoisotopic (exact) mass is 320 g/mol. The fourth-order valence-corrected chi connectivity index (χ4v) is 2.45. The van der Waals surface area contributed by atoms with Crippen molar-refractivity contribution >= 4 is 6.08 Å². The van der Waals surface area contributed by atoms with Crippen molar-refractivity contribution in [2.45, 2.75) is 32.9 Å². The summed E-state index contributed by atoms with van der Waals surface area (Å²) < 4.78 is 40.3. The standard InChI is InChI=1S/C19H19F3O/c1-12-10-16(11-13(2)14(12)3)18(19(20,21)22)9-6-15-4-7-17(23)8-5-15/h4-11,18,23H,1-3H3/b9-6+. The van der Waals surface area contributed by atoms with Crippen molar-refractivity contribution in [3.05, 3.63) is 70.3 Å². The second-order valence-electron chi connectivity index (χ2n) is 5.75. The van der Waals surface area contributed by atoms with Crippen LogP contribution in [0, 0.1) is 20.8 Å². The summed E-state index contributed by atoms with van der Waals surface area (Å²) in [4.78, 5) is 0. The van der Waals surface area contributed by atoms with Crippen molar-refractivity contribution < 1.29 is 18.3 Å². The van der Waals surface area contributed by atoms with Crippen molar-refractivity contribution in [2.24, 2.45) is 0 Å². The molecule has 2 rings (SSSR count). The van der Waals surface area contributed by atoms with Crippen LogP contribution in [0.2, 0.25) is 0 Å². The van der Waals surface area contributed by atoms with Crippen LogP contribution in [-0.2, 0) is 0 Å². The lowest BCUT2D eigenvalue weighted by Crippen LogP contribution is -2.19. The third-order valence-electron chi connectivity index (χ3n) is 4.04. The Labute approximate surface area is 134 Å². The average molecular weight is 320 g/mol. The molecule has 122 valence electrons. The number of allylic oxidation sites excluding steroid dienone is 1. The van der Waals surface area contributed by atoms with Crippen molar-refractivity contribution in [2.75, 3.05) is 0 Å². The van der Waals surface area contributed by atoms with Crippen LogP contribution in [0.1, 0.15) is 33.7 Å². The van der Waals surface area contributed by atoms with Crippen LogP contribution in [0.5, 0.6) is 5.75 Å². The Morgan fingerprint density at radius 2 is 1.48 bits per heavy atom. The number of phenols is 1. The van der Waals surface area contributed by atoms with E-state index in [0.717, 1.165) is 22.8 Å². The molecule has 0 amide bonds. The van der Waals surface area contributed by atoms with Crippen LogP contribution in [-0.4, -0.2) is 11.3 Å². The molecule has 0 saturated carbocycles. The summed E-state index contributed by atoms with van der Waals surface area (Å²) in [5.74, 6) is -1.58. The first-order valence-corrected chi connectivity index (χ1v) is 7.30. The van der Waals surface area contributed by atoms with Crippen LogP contribution < -0.4 is 0 Å². The summed E-state index contributed by atoms with van der Waals surface area (Å²) in [5.41, 5.74) is 3.57. The number of phenolic OH excluding ortho intramolecular Hbond substituents is 1. The topological polar surface area (TPSA) is 20.2 Å². The third kappa shape index (κ3) is 4.15. The van der Waals surface area contributed by atoms with Gasteiger partial charge in [-0.1, -0.05) is 36.4 Å². The molecule has 2 aromatic carbocycles. The van der Waals surface area contributed by atoms with Crippen LogP contribution in [0.4, 0.5) is 13.2 Å². The van der Waals surface area contributed by atoms with Gasteiger partial charge in [0.25, 0.3) is 0 Å². The largest absolute Gasteiger partial charge is 0.508 e. The van der Waals surface area contributed by atoms with E-state index in [9.17, 15) is 18.3 Å². The van der Waals surface area contributed by atoms with Crippen LogP contribution in [0.25, 0.3) is 6.08 Å². The van der Waals surface area contributed by atoms with Gasteiger partial charge in [-0.2, -0.15) is 13.2 Å². The van der Waals surface area contributed by atoms with E-state index in [0.29, 0.717) is 5.56 Å². The van der Waals surface area contributed by atoms with Gasteiger partial charge in [0.1, 0.15) is 5.75 Å². The number of hydrogen-bond donors (Lipinski definition) is 1. The smallest absolute Gasteiger partial charge is 0.399 e. The van der Waals surface area contributed by atoms with E-state index in [1.807, 2.05) is 20.8 Å². The number of alkyl halides is 3. The van der Waals surface area contributed by atoms with E-state index in [4.69, 9.17) is 0 Å². The normalized spacial score (nSPS) is 13.5. The zero-order valence-corrected chi connectivity index (χ0v) is 13.3. The molecule has 0 aliphatic heterocycles. The van der Waals surface area contributed by atoms with Crippen LogP contribution in [0.3, 0.4) is 0 Å². The number of benzene rings is 2. The maximum absolute atomic E-state index is 13.4. The molecule has 4 heteroatoms. The molecular formula is C19H19F3O. The second-order valence-corrected chi connectivity index (χ2v) is 5.75. The van der Waals surface area contributed by atoms with E-state index in [1.165, 1.54) is 18.2 Å². The Hall–Kier alpha value is -2.23. The van der Waals surface area contributed by atoms with Crippen LogP contribution in [0.15, 0.2) is 42.5 Å². The van der Waals surface area contributed by atoms with Gasteiger partial charge < -0.3 is 5.11 Å². The van der Waals surface area contributed by atoms with Crippen molar-refractivity contribution in [1.29, 1.82) is 0 Å². The van der Waals surface area contributed by atoms with E-state index in [1.54, 1.807) is 24.3 Å². The average Bonchev–Trinajstić information content (AvgIpc) is 2.45. The Bertz CT molecular complexity index is 689. The second kappa shape index (κ2) is 6.49. The number of halogens is 3. The molecule has 0 radical (unpaired) electrons. The highest BCUT2D eigenvalue weighted by molar-refractivity contribution is 5.53. The maximum Gasteiger partial charge on any atom is 0.399 e. The summed E-state index contributed by atoms with van der Waals surface area (Å²) in [6.45, 7) is 5.55. The number of aryl methyl sites for hydroxylation is 2. The Balaban J connectivity index is 2.40. The predicted molar refractivity (Wildman–Crippen MR) is 86.6 cm³/mol. The molecule has 1 atom stereocenters. The predicted octanol–water partition coefficient (Wildman–Crippen LogP) is 5.68. The van der Waals surface area contributed by atoms with Gasteiger partial charge in [-0.05, 0) is 60.7 Å². The fourth-order valence-electron chi connectivity index (χ4n) is 2.45. The lowest BCUT2D eigenvalue weighted by atomic mass is 9.91. The lowest BCUT2D eigenvalue weighted by molar-refractivity contribution is -0.139. The number of hydrogen-bond acceptors (Lipinski definition) is 1. The Kier molecular flexibility index (Phi) is 4.83. The molecular weight excluding hydrogens is 301 g/mol. The first kappa shape index (κ1) is 17.1. The molecule has 0 bridgehead atoms. The number of aromatic hydroxyl groups is 1. The first-order valence-electron chi connectivity index (χ1n) is 7.30.